The van der Waals surface area contributed by atoms with Crippen LogP contribution in [0.15, 0.2) is 78.9 Å². The molecule has 4 aromatic rings. The van der Waals surface area contributed by atoms with Gasteiger partial charge >= 0.3 is 0 Å². The number of aromatic hydroxyl groups is 1. The molecule has 0 radical (unpaired) electrons. The zero-order chi connectivity index (χ0) is 23.4. The normalized spacial score (nSPS) is 11.2. The highest BCUT2D eigenvalue weighted by atomic mass is 19.2. The van der Waals surface area contributed by atoms with E-state index in [-0.39, 0.29) is 22.7 Å². The lowest BCUT2D eigenvalue weighted by Crippen LogP contribution is -1.93. The van der Waals surface area contributed by atoms with Gasteiger partial charge in [-0.2, -0.15) is 0 Å². The van der Waals surface area contributed by atoms with Crippen molar-refractivity contribution < 1.29 is 23.0 Å². The Morgan fingerprint density at radius 3 is 2.03 bits per heavy atom. The number of hydrogen-bond donors (Lipinski definition) is 1. The Bertz CT molecular complexity index is 1290. The fourth-order valence-electron chi connectivity index (χ4n) is 3.50. The summed E-state index contributed by atoms with van der Waals surface area (Å²) in [7, 11) is 0. The van der Waals surface area contributed by atoms with Crippen LogP contribution in [0.5, 0.6) is 11.5 Å². The summed E-state index contributed by atoms with van der Waals surface area (Å²) in [5, 5.41) is 9.38. The van der Waals surface area contributed by atoms with Gasteiger partial charge in [0.25, 0.3) is 0 Å². The van der Waals surface area contributed by atoms with Crippen LogP contribution in [-0.2, 0) is 0 Å². The van der Waals surface area contributed by atoms with Gasteiger partial charge in [0.1, 0.15) is 17.3 Å². The maximum Gasteiger partial charge on any atom is 0.167 e. The van der Waals surface area contributed by atoms with Crippen LogP contribution < -0.4 is 4.74 Å². The van der Waals surface area contributed by atoms with Crippen LogP contribution in [0.1, 0.15) is 18.1 Å². The molecule has 0 unspecified atom stereocenters. The average Bonchev–Trinajstić information content (AvgIpc) is 2.82. The molecule has 0 aromatic heterocycles. The van der Waals surface area contributed by atoms with E-state index in [9.17, 15) is 18.3 Å². The molecule has 0 heterocycles. The van der Waals surface area contributed by atoms with Crippen LogP contribution in [0.25, 0.3) is 34.4 Å². The van der Waals surface area contributed by atoms with Crippen molar-refractivity contribution in [3.05, 3.63) is 107 Å². The van der Waals surface area contributed by atoms with E-state index in [2.05, 4.69) is 0 Å². The lowest BCUT2D eigenvalue weighted by Gasteiger charge is -2.08. The van der Waals surface area contributed by atoms with Gasteiger partial charge in [0.2, 0.25) is 0 Å². The van der Waals surface area contributed by atoms with Gasteiger partial charge in [0.05, 0.1) is 6.61 Å². The first-order valence-electron chi connectivity index (χ1n) is 10.4. The summed E-state index contributed by atoms with van der Waals surface area (Å²) >= 11 is 0. The summed E-state index contributed by atoms with van der Waals surface area (Å²) in [5.74, 6) is -1.76. The summed E-state index contributed by atoms with van der Waals surface area (Å²) in [6.07, 6.45) is 3.15. The zero-order valence-electron chi connectivity index (χ0n) is 17.9. The number of ether oxygens (including phenoxy) is 1. The molecule has 0 saturated carbocycles. The van der Waals surface area contributed by atoms with Gasteiger partial charge in [-0.3, -0.25) is 0 Å². The molecular weight excluding hydrogens is 425 g/mol. The molecule has 0 aliphatic heterocycles. The Kier molecular flexibility index (Phi) is 6.50. The van der Waals surface area contributed by atoms with Crippen LogP contribution in [0.3, 0.4) is 0 Å². The topological polar surface area (TPSA) is 29.5 Å². The number of phenolic OH excluding ortho intramolecular Hbond substituents is 1. The van der Waals surface area contributed by atoms with Crippen molar-refractivity contribution in [2.45, 2.75) is 6.92 Å². The maximum absolute atomic E-state index is 14.6. The van der Waals surface area contributed by atoms with Crippen LogP contribution in [0.4, 0.5) is 13.2 Å². The predicted octanol–water partition coefficient (Wildman–Crippen LogP) is 7.71. The van der Waals surface area contributed by atoms with Crippen molar-refractivity contribution in [1.82, 2.24) is 0 Å². The molecule has 0 fully saturated rings. The summed E-state index contributed by atoms with van der Waals surface area (Å²) in [6, 6.07) is 20.7. The van der Waals surface area contributed by atoms with Crippen LogP contribution in [0, 0.1) is 17.5 Å². The van der Waals surface area contributed by atoms with Gasteiger partial charge in [0, 0.05) is 22.8 Å². The number of halogens is 3. The van der Waals surface area contributed by atoms with E-state index in [0.29, 0.717) is 29.0 Å². The summed E-state index contributed by atoms with van der Waals surface area (Å²) in [5.41, 5.74) is 2.60. The molecule has 0 aliphatic carbocycles. The van der Waals surface area contributed by atoms with Gasteiger partial charge < -0.3 is 9.84 Å². The van der Waals surface area contributed by atoms with E-state index >= 15 is 0 Å². The van der Waals surface area contributed by atoms with E-state index < -0.39 is 11.6 Å². The number of phenols is 1. The molecule has 0 atom stereocenters. The van der Waals surface area contributed by atoms with Gasteiger partial charge in [-0.1, -0.05) is 60.7 Å². The monoisotopic (exact) mass is 446 g/mol. The fraction of sp³-hybridized carbons (Fsp3) is 0.0714. The summed E-state index contributed by atoms with van der Waals surface area (Å²) < 4.78 is 48.9. The largest absolute Gasteiger partial charge is 0.508 e. The Morgan fingerprint density at radius 2 is 1.36 bits per heavy atom. The second kappa shape index (κ2) is 9.65. The molecular formula is C28H21F3O2. The molecule has 0 spiro atoms. The summed E-state index contributed by atoms with van der Waals surface area (Å²) in [6.45, 7) is 2.30. The molecule has 4 rings (SSSR count). The van der Waals surface area contributed by atoms with Crippen molar-refractivity contribution in [2.75, 3.05) is 6.61 Å². The zero-order valence-corrected chi connectivity index (χ0v) is 17.9. The van der Waals surface area contributed by atoms with Crippen molar-refractivity contribution in [2.24, 2.45) is 0 Å². The van der Waals surface area contributed by atoms with Crippen LogP contribution >= 0.6 is 0 Å². The Morgan fingerprint density at radius 1 is 0.727 bits per heavy atom. The molecule has 5 heteroatoms. The van der Waals surface area contributed by atoms with Crippen molar-refractivity contribution >= 4 is 12.2 Å². The number of hydrogen-bond acceptors (Lipinski definition) is 2. The third kappa shape index (κ3) is 4.93. The van der Waals surface area contributed by atoms with E-state index in [1.54, 1.807) is 42.5 Å². The van der Waals surface area contributed by atoms with Gasteiger partial charge in [-0.15, -0.1) is 0 Å². The lowest BCUT2D eigenvalue weighted by molar-refractivity contribution is 0.338. The Labute approximate surface area is 190 Å². The molecule has 0 saturated heterocycles. The average molecular weight is 446 g/mol. The fourth-order valence-corrected chi connectivity index (χ4v) is 3.50. The Hall–Kier alpha value is -3.99. The van der Waals surface area contributed by atoms with E-state index in [1.165, 1.54) is 48.5 Å². The number of rotatable bonds is 6. The second-order valence-electron chi connectivity index (χ2n) is 7.41. The minimum absolute atomic E-state index is 0.0514. The van der Waals surface area contributed by atoms with Gasteiger partial charge in [-0.25, -0.2) is 13.2 Å². The smallest absolute Gasteiger partial charge is 0.167 e. The van der Waals surface area contributed by atoms with Crippen molar-refractivity contribution in [1.29, 1.82) is 0 Å². The highest BCUT2D eigenvalue weighted by Gasteiger charge is 2.13. The van der Waals surface area contributed by atoms with Gasteiger partial charge in [-0.05, 0) is 47.9 Å². The SMILES string of the molecule is CCOc1ccc(-c2ccc(/C=C/c3ccc(-c4ccc(O)cc4)c(F)c3F)cc2)c(F)c1. The lowest BCUT2D eigenvalue weighted by atomic mass is 10.0. The minimum Gasteiger partial charge on any atom is -0.508 e. The predicted molar refractivity (Wildman–Crippen MR) is 125 cm³/mol. The van der Waals surface area contributed by atoms with Crippen LogP contribution in [-0.4, -0.2) is 11.7 Å². The first-order chi connectivity index (χ1) is 16.0. The van der Waals surface area contributed by atoms with Crippen molar-refractivity contribution in [3.63, 3.8) is 0 Å². The molecule has 2 nitrogen and oxygen atoms in total. The molecule has 166 valence electrons. The quantitative estimate of drug-likeness (QED) is 0.307. The highest BCUT2D eigenvalue weighted by Crippen LogP contribution is 2.29. The van der Waals surface area contributed by atoms with E-state index in [1.807, 2.05) is 6.92 Å². The molecule has 0 amide bonds. The first kappa shape index (κ1) is 22.2. The molecule has 4 aromatic carbocycles. The minimum atomic E-state index is -0.954. The van der Waals surface area contributed by atoms with Crippen molar-refractivity contribution in [3.8, 4) is 33.8 Å². The molecule has 0 bridgehead atoms. The Balaban J connectivity index is 1.54. The third-order valence-corrected chi connectivity index (χ3v) is 5.22. The first-order valence-corrected chi connectivity index (χ1v) is 10.4. The molecule has 1 N–H and O–H groups in total. The third-order valence-electron chi connectivity index (χ3n) is 5.22. The second-order valence-corrected chi connectivity index (χ2v) is 7.41. The molecule has 33 heavy (non-hydrogen) atoms. The number of benzene rings is 4. The maximum atomic E-state index is 14.6. The van der Waals surface area contributed by atoms with Gasteiger partial charge in [0.15, 0.2) is 11.6 Å². The summed E-state index contributed by atoms with van der Waals surface area (Å²) in [4.78, 5) is 0. The standard InChI is InChI=1S/C28H21F3O2/c1-2-33-23-14-16-24(26(29)17-23)19-6-3-18(4-7-19)5-8-21-11-15-25(28(31)27(21)30)20-9-12-22(32)13-10-20/h3-17,32H,2H2,1H3/b8-5+. The highest BCUT2D eigenvalue weighted by molar-refractivity contribution is 5.74. The van der Waals surface area contributed by atoms with E-state index in [4.69, 9.17) is 4.74 Å². The van der Waals surface area contributed by atoms with Crippen LogP contribution in [0.2, 0.25) is 0 Å². The molecule has 0 aliphatic rings. The van der Waals surface area contributed by atoms with E-state index in [0.717, 1.165) is 5.56 Å².